The molecular formula is C20H21Cl2N3. The summed E-state index contributed by atoms with van der Waals surface area (Å²) in [4.78, 5) is 4.86. The summed E-state index contributed by atoms with van der Waals surface area (Å²) < 4.78 is 0. The Labute approximate surface area is 158 Å². The number of para-hydroxylation sites is 1. The van der Waals surface area contributed by atoms with Crippen molar-refractivity contribution in [2.75, 3.05) is 5.32 Å². The van der Waals surface area contributed by atoms with Crippen molar-refractivity contribution >= 4 is 34.7 Å². The van der Waals surface area contributed by atoms with Crippen LogP contribution in [-0.4, -0.2) is 5.84 Å². The van der Waals surface area contributed by atoms with E-state index in [1.165, 1.54) is 0 Å². The normalized spacial score (nSPS) is 17.0. The predicted octanol–water partition coefficient (Wildman–Crippen LogP) is 6.01. The van der Waals surface area contributed by atoms with Crippen molar-refractivity contribution in [3.8, 4) is 0 Å². The highest BCUT2D eigenvalue weighted by Crippen LogP contribution is 2.32. The summed E-state index contributed by atoms with van der Waals surface area (Å²) in [6.45, 7) is 6.36. The summed E-state index contributed by atoms with van der Waals surface area (Å²) in [6, 6.07) is 13.6. The van der Waals surface area contributed by atoms with Crippen LogP contribution in [0.3, 0.4) is 0 Å². The molecule has 25 heavy (non-hydrogen) atoms. The highest BCUT2D eigenvalue weighted by atomic mass is 35.5. The maximum atomic E-state index is 6.16. The number of halogens is 2. The van der Waals surface area contributed by atoms with Crippen LogP contribution >= 0.6 is 23.2 Å². The first-order valence-corrected chi connectivity index (χ1v) is 9.03. The van der Waals surface area contributed by atoms with Crippen LogP contribution in [-0.2, 0) is 0 Å². The van der Waals surface area contributed by atoms with E-state index >= 15 is 0 Å². The molecule has 5 heteroatoms. The minimum Gasteiger partial charge on any atom is -0.359 e. The van der Waals surface area contributed by atoms with Crippen LogP contribution in [0.25, 0.3) is 0 Å². The second kappa shape index (κ2) is 7.51. The minimum absolute atomic E-state index is 0.250. The van der Waals surface area contributed by atoms with Crippen molar-refractivity contribution < 1.29 is 0 Å². The molecule has 3 nitrogen and oxygen atoms in total. The molecule has 0 saturated heterocycles. The van der Waals surface area contributed by atoms with Gasteiger partial charge in [-0.2, -0.15) is 0 Å². The molecule has 2 aromatic rings. The second-order valence-electron chi connectivity index (χ2n) is 6.49. The highest BCUT2D eigenvalue weighted by Gasteiger charge is 2.22. The molecule has 130 valence electrons. The van der Waals surface area contributed by atoms with Crippen LogP contribution in [0.2, 0.25) is 10.0 Å². The van der Waals surface area contributed by atoms with Gasteiger partial charge in [0.25, 0.3) is 0 Å². The molecule has 2 aromatic carbocycles. The minimum atomic E-state index is -0.250. The summed E-state index contributed by atoms with van der Waals surface area (Å²) >= 11 is 12.3. The Balaban J connectivity index is 2.00. The summed E-state index contributed by atoms with van der Waals surface area (Å²) in [5.74, 6) is 1.30. The zero-order chi connectivity index (χ0) is 18.0. The van der Waals surface area contributed by atoms with E-state index in [-0.39, 0.29) is 6.17 Å². The Hall–Kier alpha value is -1.97. The van der Waals surface area contributed by atoms with Crippen molar-refractivity contribution in [1.82, 2.24) is 5.32 Å². The largest absolute Gasteiger partial charge is 0.359 e. The number of anilines is 1. The van der Waals surface area contributed by atoms with Gasteiger partial charge in [0.15, 0.2) is 0 Å². The van der Waals surface area contributed by atoms with E-state index in [0.717, 1.165) is 28.3 Å². The molecule has 1 atom stereocenters. The monoisotopic (exact) mass is 373 g/mol. The lowest BCUT2D eigenvalue weighted by Crippen LogP contribution is -2.30. The van der Waals surface area contributed by atoms with E-state index < -0.39 is 0 Å². The predicted molar refractivity (Wildman–Crippen MR) is 108 cm³/mol. The van der Waals surface area contributed by atoms with Crippen LogP contribution in [0.5, 0.6) is 0 Å². The molecule has 0 fully saturated rings. The number of nitrogens with zero attached hydrogens (tertiary/aromatic N) is 1. The lowest BCUT2D eigenvalue weighted by molar-refractivity contribution is 0.799. The Morgan fingerprint density at radius 3 is 2.52 bits per heavy atom. The van der Waals surface area contributed by atoms with Gasteiger partial charge in [-0.1, -0.05) is 55.3 Å². The number of allylic oxidation sites excluding steroid dienone is 2. The molecule has 0 aliphatic carbocycles. The van der Waals surface area contributed by atoms with Crippen LogP contribution in [0, 0.1) is 5.92 Å². The van der Waals surface area contributed by atoms with Crippen molar-refractivity contribution in [2.45, 2.75) is 26.9 Å². The lowest BCUT2D eigenvalue weighted by Gasteiger charge is -2.27. The number of fused-ring (bicyclic) bond motifs is 1. The molecule has 0 spiro atoms. The first-order valence-electron chi connectivity index (χ1n) is 8.27. The van der Waals surface area contributed by atoms with Gasteiger partial charge in [0.1, 0.15) is 12.0 Å². The summed E-state index contributed by atoms with van der Waals surface area (Å²) in [5.41, 5.74) is 4.08. The highest BCUT2D eigenvalue weighted by molar-refractivity contribution is 6.34. The first-order chi connectivity index (χ1) is 11.9. The maximum Gasteiger partial charge on any atom is 0.147 e. The summed E-state index contributed by atoms with van der Waals surface area (Å²) in [6.07, 6.45) is 1.93. The van der Waals surface area contributed by atoms with E-state index in [9.17, 15) is 0 Å². The van der Waals surface area contributed by atoms with Gasteiger partial charge in [0.05, 0.1) is 0 Å². The van der Waals surface area contributed by atoms with Gasteiger partial charge < -0.3 is 10.6 Å². The molecule has 3 rings (SSSR count). The number of aliphatic imine (C=N–C) groups is 1. The Morgan fingerprint density at radius 1 is 1.16 bits per heavy atom. The Morgan fingerprint density at radius 2 is 1.84 bits per heavy atom. The van der Waals surface area contributed by atoms with Gasteiger partial charge in [0, 0.05) is 27.0 Å². The fraction of sp³-hybridized carbons (Fsp3) is 0.250. The third kappa shape index (κ3) is 4.36. The molecule has 0 saturated carbocycles. The average molecular weight is 374 g/mol. The van der Waals surface area contributed by atoms with E-state index in [4.69, 9.17) is 28.2 Å². The van der Waals surface area contributed by atoms with E-state index in [1.54, 1.807) is 6.07 Å². The molecular weight excluding hydrogens is 353 g/mol. The van der Waals surface area contributed by atoms with E-state index in [2.05, 4.69) is 43.5 Å². The first kappa shape index (κ1) is 17.8. The van der Waals surface area contributed by atoms with Gasteiger partial charge in [-0.3, -0.25) is 0 Å². The number of nitrogens with one attached hydrogen (secondary N) is 2. The lowest BCUT2D eigenvalue weighted by atomic mass is 10.1. The van der Waals surface area contributed by atoms with Crippen LogP contribution in [0.15, 0.2) is 59.2 Å². The average Bonchev–Trinajstić information content (AvgIpc) is 2.53. The molecule has 1 heterocycles. The number of benzene rings is 2. The molecule has 2 N–H and O–H groups in total. The fourth-order valence-electron chi connectivity index (χ4n) is 2.91. The SMILES string of the molecule is C/C(=C\C(C)C)NC1=NC(c2cc(Cl)cc(Cl)c2)Nc2ccccc21. The van der Waals surface area contributed by atoms with Gasteiger partial charge in [-0.15, -0.1) is 0 Å². The van der Waals surface area contributed by atoms with Crippen LogP contribution < -0.4 is 10.6 Å². The summed E-state index contributed by atoms with van der Waals surface area (Å²) in [5, 5.41) is 8.09. The van der Waals surface area contributed by atoms with E-state index in [1.807, 2.05) is 30.3 Å². The van der Waals surface area contributed by atoms with Crippen molar-refractivity contribution in [1.29, 1.82) is 0 Å². The zero-order valence-corrected chi connectivity index (χ0v) is 16.0. The van der Waals surface area contributed by atoms with Crippen molar-refractivity contribution in [3.63, 3.8) is 0 Å². The quantitative estimate of drug-likeness (QED) is 0.690. The van der Waals surface area contributed by atoms with Crippen LogP contribution in [0.4, 0.5) is 5.69 Å². The van der Waals surface area contributed by atoms with E-state index in [0.29, 0.717) is 16.0 Å². The zero-order valence-electron chi connectivity index (χ0n) is 14.5. The van der Waals surface area contributed by atoms with Crippen molar-refractivity contribution in [3.05, 3.63) is 75.4 Å². The third-order valence-corrected chi connectivity index (χ3v) is 4.27. The molecule has 1 unspecified atom stereocenters. The topological polar surface area (TPSA) is 36.4 Å². The number of hydrogen-bond acceptors (Lipinski definition) is 3. The number of amidine groups is 1. The molecule has 0 amide bonds. The molecule has 0 bridgehead atoms. The Bertz CT molecular complexity index is 820. The standard InChI is InChI=1S/C20H21Cl2N3/c1-12(2)8-13(3)23-20-17-6-4-5-7-18(17)24-19(25-20)14-9-15(21)11-16(22)10-14/h4-12,19,24H,1-3H3,(H,23,25)/b13-8+. The summed E-state index contributed by atoms with van der Waals surface area (Å²) in [7, 11) is 0. The fourth-order valence-corrected chi connectivity index (χ4v) is 3.46. The molecule has 1 aliphatic heterocycles. The van der Waals surface area contributed by atoms with Gasteiger partial charge >= 0.3 is 0 Å². The van der Waals surface area contributed by atoms with Gasteiger partial charge in [-0.25, -0.2) is 4.99 Å². The van der Waals surface area contributed by atoms with Crippen molar-refractivity contribution in [2.24, 2.45) is 10.9 Å². The smallest absolute Gasteiger partial charge is 0.147 e. The molecule has 0 radical (unpaired) electrons. The van der Waals surface area contributed by atoms with Crippen LogP contribution in [0.1, 0.15) is 38.1 Å². The third-order valence-electron chi connectivity index (χ3n) is 3.83. The van der Waals surface area contributed by atoms with Gasteiger partial charge in [0.2, 0.25) is 0 Å². The maximum absolute atomic E-state index is 6.16. The second-order valence-corrected chi connectivity index (χ2v) is 7.36. The molecule has 0 aromatic heterocycles. The number of rotatable bonds is 3. The Kier molecular flexibility index (Phi) is 5.36. The number of hydrogen-bond donors (Lipinski definition) is 2. The molecule has 1 aliphatic rings. The van der Waals surface area contributed by atoms with Gasteiger partial charge in [-0.05, 0) is 48.7 Å².